The maximum atomic E-state index is 11.6. The van der Waals surface area contributed by atoms with Gasteiger partial charge in [0.2, 0.25) is 0 Å². The highest BCUT2D eigenvalue weighted by atomic mass is 32.2. The maximum Gasteiger partial charge on any atom is 0.321 e. The zero-order chi connectivity index (χ0) is 12.7. The van der Waals surface area contributed by atoms with Gasteiger partial charge in [-0.2, -0.15) is 0 Å². The Kier molecular flexibility index (Phi) is 6.15. The maximum absolute atomic E-state index is 11.6. The molecule has 7 heteroatoms. The minimum absolute atomic E-state index is 0.284. The van der Waals surface area contributed by atoms with Crippen LogP contribution >= 0.6 is 23.5 Å². The number of unbranched alkanes of at least 4 members (excludes halogenated alkanes) is 1. The molecule has 1 heterocycles. The monoisotopic (exact) mass is 294 g/mol. The van der Waals surface area contributed by atoms with E-state index in [-0.39, 0.29) is 6.61 Å². The van der Waals surface area contributed by atoms with Crippen LogP contribution in [-0.2, 0) is 19.4 Å². The van der Waals surface area contributed by atoms with E-state index in [2.05, 4.69) is 0 Å². The van der Waals surface area contributed by atoms with Crippen LogP contribution in [0.25, 0.3) is 0 Å². The lowest BCUT2D eigenvalue weighted by atomic mass is 10.4. The third-order valence-corrected chi connectivity index (χ3v) is 5.31. The molecule has 0 bridgehead atoms. The van der Waals surface area contributed by atoms with Crippen LogP contribution in [-0.4, -0.2) is 26.7 Å². The first-order valence-electron chi connectivity index (χ1n) is 5.12. The van der Waals surface area contributed by atoms with Gasteiger partial charge in [0.15, 0.2) is 15.6 Å². The molecule has 17 heavy (non-hydrogen) atoms. The Bertz CT molecular complexity index is 413. The first kappa shape index (κ1) is 14.7. The molecule has 0 fully saturated rings. The van der Waals surface area contributed by atoms with E-state index < -0.39 is 21.6 Å². The molecule has 0 unspecified atom stereocenters. The predicted molar refractivity (Wildman–Crippen MR) is 72.1 cm³/mol. The molecule has 0 N–H and O–H groups in total. The van der Waals surface area contributed by atoms with Crippen LogP contribution < -0.4 is 0 Å². The van der Waals surface area contributed by atoms with Gasteiger partial charge < -0.3 is 4.74 Å². The summed E-state index contributed by atoms with van der Waals surface area (Å²) in [5.41, 5.74) is 0. The molecule has 0 atom stereocenters. The summed E-state index contributed by atoms with van der Waals surface area (Å²) in [6.07, 6.45) is 1.66. The lowest BCUT2D eigenvalue weighted by Gasteiger charge is -2.03. The number of esters is 1. The van der Waals surface area contributed by atoms with Crippen molar-refractivity contribution in [2.45, 2.75) is 19.8 Å². The summed E-state index contributed by atoms with van der Waals surface area (Å²) in [5.74, 6) is -1.27. The van der Waals surface area contributed by atoms with Crippen molar-refractivity contribution >= 4 is 39.3 Å². The molecule has 96 valence electrons. The van der Waals surface area contributed by atoms with Gasteiger partial charge in [-0.15, -0.1) is 0 Å². The summed E-state index contributed by atoms with van der Waals surface area (Å²) >= 11 is 2.66. The SMILES string of the molecule is CCCCOC(=O)CS(=O)(=O)C=C1SC=CS1. The molecule has 1 aliphatic heterocycles. The molecule has 0 aromatic heterocycles. The fourth-order valence-electron chi connectivity index (χ4n) is 0.998. The van der Waals surface area contributed by atoms with Crippen molar-refractivity contribution < 1.29 is 17.9 Å². The van der Waals surface area contributed by atoms with Crippen LogP contribution in [0.5, 0.6) is 0 Å². The molecule has 0 spiro atoms. The summed E-state index contributed by atoms with van der Waals surface area (Å²) in [7, 11) is -3.52. The molecule has 0 saturated heterocycles. The van der Waals surface area contributed by atoms with Crippen LogP contribution in [0, 0.1) is 0 Å². The van der Waals surface area contributed by atoms with E-state index in [1.54, 1.807) is 10.8 Å². The Labute approximate surface area is 110 Å². The van der Waals surface area contributed by atoms with E-state index in [4.69, 9.17) is 4.74 Å². The molecule has 0 aliphatic carbocycles. The van der Waals surface area contributed by atoms with Crippen molar-refractivity contribution in [3.05, 3.63) is 20.5 Å². The van der Waals surface area contributed by atoms with E-state index in [1.165, 1.54) is 23.5 Å². The average molecular weight is 294 g/mol. The Morgan fingerprint density at radius 3 is 2.65 bits per heavy atom. The Hall–Kier alpha value is -0.400. The minimum atomic E-state index is -3.52. The largest absolute Gasteiger partial charge is 0.465 e. The molecule has 0 aromatic rings. The van der Waals surface area contributed by atoms with Gasteiger partial charge in [0.25, 0.3) is 0 Å². The molecule has 4 nitrogen and oxygen atoms in total. The number of rotatable bonds is 6. The zero-order valence-electron chi connectivity index (χ0n) is 9.42. The molecule has 0 aromatic carbocycles. The summed E-state index contributed by atoms with van der Waals surface area (Å²) in [6, 6.07) is 0. The van der Waals surface area contributed by atoms with Crippen LogP contribution in [0.3, 0.4) is 0 Å². The Morgan fingerprint density at radius 2 is 2.06 bits per heavy atom. The summed E-state index contributed by atoms with van der Waals surface area (Å²) in [4.78, 5) is 11.2. The topological polar surface area (TPSA) is 60.4 Å². The van der Waals surface area contributed by atoms with Crippen molar-refractivity contribution in [2.75, 3.05) is 12.4 Å². The van der Waals surface area contributed by atoms with Gasteiger partial charge in [-0.3, -0.25) is 4.79 Å². The second-order valence-corrected chi connectivity index (χ2v) is 7.33. The van der Waals surface area contributed by atoms with Crippen molar-refractivity contribution in [2.24, 2.45) is 0 Å². The van der Waals surface area contributed by atoms with Gasteiger partial charge in [-0.1, -0.05) is 36.9 Å². The first-order valence-corrected chi connectivity index (χ1v) is 8.59. The smallest absolute Gasteiger partial charge is 0.321 e. The van der Waals surface area contributed by atoms with Gasteiger partial charge >= 0.3 is 5.97 Å². The molecular weight excluding hydrogens is 280 g/mol. The number of ether oxygens (including phenoxy) is 1. The number of sulfone groups is 1. The third-order valence-electron chi connectivity index (χ3n) is 1.78. The summed E-state index contributed by atoms with van der Waals surface area (Å²) in [6.45, 7) is 2.25. The van der Waals surface area contributed by atoms with Gasteiger partial charge in [0.1, 0.15) is 0 Å². The molecule has 0 saturated carbocycles. The molecule has 0 radical (unpaired) electrons. The molecular formula is C10H14O4S3. The van der Waals surface area contributed by atoms with Crippen LogP contribution in [0.2, 0.25) is 0 Å². The number of carbonyl (C=O) groups is 1. The van der Waals surface area contributed by atoms with E-state index in [0.717, 1.165) is 18.2 Å². The zero-order valence-corrected chi connectivity index (χ0v) is 11.9. The molecule has 0 amide bonds. The van der Waals surface area contributed by atoms with Crippen molar-refractivity contribution in [3.63, 3.8) is 0 Å². The second-order valence-electron chi connectivity index (χ2n) is 3.33. The lowest BCUT2D eigenvalue weighted by molar-refractivity contribution is -0.140. The van der Waals surface area contributed by atoms with Gasteiger partial charge in [-0.05, 0) is 17.2 Å². The predicted octanol–water partition coefficient (Wildman–Crippen LogP) is 2.49. The number of thioether (sulfide) groups is 2. The molecule has 1 aliphatic rings. The Balaban J connectivity index is 2.43. The standard InChI is InChI=1S/C10H14O4S3/c1-2-3-4-14-9(11)7-17(12,13)8-10-15-5-6-16-10/h5-6,8H,2-4,7H2,1H3. The summed E-state index contributed by atoms with van der Waals surface area (Å²) in [5, 5.41) is 4.72. The molecule has 1 rings (SSSR count). The van der Waals surface area contributed by atoms with Crippen molar-refractivity contribution in [3.8, 4) is 0 Å². The van der Waals surface area contributed by atoms with Crippen LogP contribution in [0.4, 0.5) is 0 Å². The van der Waals surface area contributed by atoms with Crippen LogP contribution in [0.1, 0.15) is 19.8 Å². The van der Waals surface area contributed by atoms with Gasteiger partial charge in [-0.25, -0.2) is 8.42 Å². The van der Waals surface area contributed by atoms with Gasteiger partial charge in [0.05, 0.1) is 16.3 Å². The summed E-state index contributed by atoms with van der Waals surface area (Å²) < 4.78 is 28.7. The number of hydrogen-bond donors (Lipinski definition) is 0. The lowest BCUT2D eigenvalue weighted by Crippen LogP contribution is -2.17. The van der Waals surface area contributed by atoms with E-state index in [0.29, 0.717) is 4.24 Å². The number of carbonyl (C=O) groups excluding carboxylic acids is 1. The Morgan fingerprint density at radius 1 is 1.41 bits per heavy atom. The van der Waals surface area contributed by atoms with Crippen LogP contribution in [0.15, 0.2) is 20.5 Å². The van der Waals surface area contributed by atoms with Gasteiger partial charge in [0, 0.05) is 0 Å². The highest BCUT2D eigenvalue weighted by Crippen LogP contribution is 2.37. The first-order chi connectivity index (χ1) is 8.03. The normalized spacial score (nSPS) is 15.0. The van der Waals surface area contributed by atoms with E-state index in [1.807, 2.05) is 6.92 Å². The van der Waals surface area contributed by atoms with E-state index in [9.17, 15) is 13.2 Å². The fraction of sp³-hybridized carbons (Fsp3) is 0.500. The highest BCUT2D eigenvalue weighted by Gasteiger charge is 2.17. The fourth-order valence-corrected chi connectivity index (χ4v) is 4.38. The second kappa shape index (κ2) is 7.13. The minimum Gasteiger partial charge on any atom is -0.465 e. The number of hydrogen-bond acceptors (Lipinski definition) is 6. The van der Waals surface area contributed by atoms with E-state index >= 15 is 0 Å². The van der Waals surface area contributed by atoms with Crippen molar-refractivity contribution in [1.82, 2.24) is 0 Å². The average Bonchev–Trinajstić information content (AvgIpc) is 2.69. The quantitative estimate of drug-likeness (QED) is 0.554. The highest BCUT2D eigenvalue weighted by molar-refractivity contribution is 8.28. The third kappa shape index (κ3) is 6.18. The van der Waals surface area contributed by atoms with Crippen molar-refractivity contribution in [1.29, 1.82) is 0 Å².